The van der Waals surface area contributed by atoms with Gasteiger partial charge in [0.2, 0.25) is 5.91 Å². The molecule has 3 N–H and O–H groups in total. The maximum absolute atomic E-state index is 12.8. The van der Waals surface area contributed by atoms with Gasteiger partial charge in [0.25, 0.3) is 5.91 Å². The number of alkyl halides is 3. The molecule has 9 heteroatoms. The molecule has 1 heterocycles. The summed E-state index contributed by atoms with van der Waals surface area (Å²) in [4.78, 5) is 23.4. The predicted octanol–water partition coefficient (Wildman–Crippen LogP) is 2.77. The molecular formula is C19H15F3N4O2. The van der Waals surface area contributed by atoms with Crippen LogP contribution in [0.1, 0.15) is 16.1 Å². The normalized spacial score (nSPS) is 11.2. The van der Waals surface area contributed by atoms with E-state index in [0.29, 0.717) is 16.9 Å². The van der Waals surface area contributed by atoms with E-state index < -0.39 is 23.6 Å². The molecule has 0 aliphatic carbocycles. The number of benzene rings is 2. The second-order valence-corrected chi connectivity index (χ2v) is 5.89. The lowest BCUT2D eigenvalue weighted by Crippen LogP contribution is -2.34. The van der Waals surface area contributed by atoms with Gasteiger partial charge < -0.3 is 11.1 Å². The average molecular weight is 388 g/mol. The fraction of sp³-hybridized carbons (Fsp3) is 0.105. The third-order valence-electron chi connectivity index (χ3n) is 3.87. The number of rotatable bonds is 5. The van der Waals surface area contributed by atoms with E-state index in [2.05, 4.69) is 10.4 Å². The topological polar surface area (TPSA) is 90.0 Å². The molecule has 144 valence electrons. The van der Waals surface area contributed by atoms with Gasteiger partial charge >= 0.3 is 6.18 Å². The molecule has 0 bridgehead atoms. The predicted molar refractivity (Wildman–Crippen MR) is 95.5 cm³/mol. The van der Waals surface area contributed by atoms with E-state index in [4.69, 9.17) is 5.73 Å². The molecule has 2 amide bonds. The Morgan fingerprint density at radius 1 is 1.04 bits per heavy atom. The van der Waals surface area contributed by atoms with Crippen molar-refractivity contribution >= 4 is 11.8 Å². The Labute approximate surface area is 157 Å². The van der Waals surface area contributed by atoms with Crippen LogP contribution in [-0.2, 0) is 11.0 Å². The maximum atomic E-state index is 12.8. The van der Waals surface area contributed by atoms with Gasteiger partial charge in [-0.1, -0.05) is 30.3 Å². The standard InChI is InChI=1S/C19H15F3N4O2/c20-19(21,22)13-8-6-12(7-9-13)15-10-16(18(28)24-11-17(23)27)26(25-15)14-4-2-1-3-5-14/h1-10H,11H2,(H2,23,27)(H,24,28). The molecule has 0 aliphatic rings. The van der Waals surface area contributed by atoms with Crippen molar-refractivity contribution < 1.29 is 22.8 Å². The quantitative estimate of drug-likeness (QED) is 0.704. The van der Waals surface area contributed by atoms with Gasteiger partial charge in [0.05, 0.1) is 23.5 Å². The van der Waals surface area contributed by atoms with E-state index in [9.17, 15) is 22.8 Å². The van der Waals surface area contributed by atoms with Crippen molar-refractivity contribution in [3.05, 3.63) is 71.9 Å². The van der Waals surface area contributed by atoms with Crippen molar-refractivity contribution in [1.82, 2.24) is 15.1 Å². The molecular weight excluding hydrogens is 373 g/mol. The number of amides is 2. The number of hydrogen-bond acceptors (Lipinski definition) is 3. The zero-order valence-corrected chi connectivity index (χ0v) is 14.4. The van der Waals surface area contributed by atoms with Crippen molar-refractivity contribution in [1.29, 1.82) is 0 Å². The molecule has 0 saturated carbocycles. The van der Waals surface area contributed by atoms with Crippen LogP contribution in [0.5, 0.6) is 0 Å². The highest BCUT2D eigenvalue weighted by molar-refractivity contribution is 5.96. The summed E-state index contributed by atoms with van der Waals surface area (Å²) in [5, 5.41) is 6.73. The smallest absolute Gasteiger partial charge is 0.368 e. The molecule has 6 nitrogen and oxygen atoms in total. The molecule has 3 rings (SSSR count). The number of nitrogens with one attached hydrogen (secondary N) is 1. The highest BCUT2D eigenvalue weighted by Crippen LogP contribution is 2.31. The molecule has 1 aromatic heterocycles. The third kappa shape index (κ3) is 4.20. The fourth-order valence-electron chi connectivity index (χ4n) is 2.54. The molecule has 28 heavy (non-hydrogen) atoms. The van der Waals surface area contributed by atoms with Crippen LogP contribution >= 0.6 is 0 Å². The van der Waals surface area contributed by atoms with Gasteiger partial charge in [0.15, 0.2) is 0 Å². The van der Waals surface area contributed by atoms with E-state index in [1.807, 2.05) is 0 Å². The fourth-order valence-corrected chi connectivity index (χ4v) is 2.54. The number of carbonyl (C=O) groups is 2. The van der Waals surface area contributed by atoms with Gasteiger partial charge in [-0.05, 0) is 30.3 Å². The summed E-state index contributed by atoms with van der Waals surface area (Å²) in [5.74, 6) is -1.30. The number of primary amides is 1. The summed E-state index contributed by atoms with van der Waals surface area (Å²) in [6, 6.07) is 14.6. The van der Waals surface area contributed by atoms with Crippen molar-refractivity contribution in [2.45, 2.75) is 6.18 Å². The van der Waals surface area contributed by atoms with Crippen LogP contribution in [0.4, 0.5) is 13.2 Å². The van der Waals surface area contributed by atoms with Crippen LogP contribution in [0.15, 0.2) is 60.7 Å². The SMILES string of the molecule is NC(=O)CNC(=O)c1cc(-c2ccc(C(F)(F)F)cc2)nn1-c1ccccc1. The summed E-state index contributed by atoms with van der Waals surface area (Å²) < 4.78 is 39.6. The van der Waals surface area contributed by atoms with Gasteiger partial charge in [-0.15, -0.1) is 0 Å². The molecule has 0 fully saturated rings. The Morgan fingerprint density at radius 3 is 2.25 bits per heavy atom. The summed E-state index contributed by atoms with van der Waals surface area (Å²) in [7, 11) is 0. The van der Waals surface area contributed by atoms with E-state index >= 15 is 0 Å². The van der Waals surface area contributed by atoms with Crippen molar-refractivity contribution in [2.75, 3.05) is 6.54 Å². The Hall–Kier alpha value is -3.62. The number of nitrogens with zero attached hydrogens (tertiary/aromatic N) is 2. The van der Waals surface area contributed by atoms with E-state index in [1.54, 1.807) is 30.3 Å². The summed E-state index contributed by atoms with van der Waals surface area (Å²) in [5.41, 5.74) is 5.67. The second kappa shape index (κ2) is 7.55. The summed E-state index contributed by atoms with van der Waals surface area (Å²) in [6.45, 7) is -0.353. The van der Waals surface area contributed by atoms with Crippen LogP contribution in [0, 0.1) is 0 Å². The van der Waals surface area contributed by atoms with Crippen molar-refractivity contribution in [3.8, 4) is 16.9 Å². The number of hydrogen-bond donors (Lipinski definition) is 2. The molecule has 0 atom stereocenters. The van der Waals surface area contributed by atoms with E-state index in [0.717, 1.165) is 12.1 Å². The first-order valence-corrected chi connectivity index (χ1v) is 8.15. The number of carbonyl (C=O) groups excluding carboxylic acids is 2. The lowest BCUT2D eigenvalue weighted by molar-refractivity contribution is -0.137. The molecule has 0 radical (unpaired) electrons. The van der Waals surface area contributed by atoms with Crippen LogP contribution in [0.2, 0.25) is 0 Å². The minimum atomic E-state index is -4.44. The highest BCUT2D eigenvalue weighted by atomic mass is 19.4. The van der Waals surface area contributed by atoms with Crippen molar-refractivity contribution in [2.24, 2.45) is 5.73 Å². The lowest BCUT2D eigenvalue weighted by atomic mass is 10.1. The largest absolute Gasteiger partial charge is 0.416 e. The number of nitrogens with two attached hydrogens (primary N) is 1. The minimum absolute atomic E-state index is 0.113. The van der Waals surface area contributed by atoms with Crippen LogP contribution in [0.3, 0.4) is 0 Å². The number of halogens is 3. The number of aromatic nitrogens is 2. The maximum Gasteiger partial charge on any atom is 0.416 e. The molecule has 0 aliphatic heterocycles. The molecule has 0 spiro atoms. The zero-order chi connectivity index (χ0) is 20.3. The van der Waals surface area contributed by atoms with Gasteiger partial charge in [0.1, 0.15) is 5.69 Å². The zero-order valence-electron chi connectivity index (χ0n) is 14.4. The molecule has 2 aromatic carbocycles. The monoisotopic (exact) mass is 388 g/mol. The molecule has 0 saturated heterocycles. The van der Waals surface area contributed by atoms with E-state index in [1.165, 1.54) is 22.9 Å². The minimum Gasteiger partial charge on any atom is -0.368 e. The second-order valence-electron chi connectivity index (χ2n) is 5.89. The van der Waals surface area contributed by atoms with Crippen LogP contribution < -0.4 is 11.1 Å². The van der Waals surface area contributed by atoms with Gasteiger partial charge in [-0.2, -0.15) is 18.3 Å². The first kappa shape index (κ1) is 19.2. The summed E-state index contributed by atoms with van der Waals surface area (Å²) in [6.07, 6.45) is -4.44. The molecule has 0 unspecified atom stereocenters. The lowest BCUT2D eigenvalue weighted by Gasteiger charge is -2.07. The van der Waals surface area contributed by atoms with Gasteiger partial charge in [-0.3, -0.25) is 9.59 Å². The Bertz CT molecular complexity index is 996. The Kier molecular flexibility index (Phi) is 5.16. The highest BCUT2D eigenvalue weighted by Gasteiger charge is 2.30. The number of para-hydroxylation sites is 1. The third-order valence-corrected chi connectivity index (χ3v) is 3.87. The van der Waals surface area contributed by atoms with E-state index in [-0.39, 0.29) is 12.2 Å². The van der Waals surface area contributed by atoms with Gasteiger partial charge in [-0.25, -0.2) is 4.68 Å². The van der Waals surface area contributed by atoms with Crippen LogP contribution in [-0.4, -0.2) is 28.1 Å². The average Bonchev–Trinajstić information content (AvgIpc) is 3.12. The summed E-state index contributed by atoms with van der Waals surface area (Å²) >= 11 is 0. The first-order valence-electron chi connectivity index (χ1n) is 8.15. The van der Waals surface area contributed by atoms with Crippen LogP contribution in [0.25, 0.3) is 16.9 Å². The Morgan fingerprint density at radius 2 is 1.68 bits per heavy atom. The first-order chi connectivity index (χ1) is 13.3. The van der Waals surface area contributed by atoms with Gasteiger partial charge in [0, 0.05) is 5.56 Å². The van der Waals surface area contributed by atoms with Crippen molar-refractivity contribution in [3.63, 3.8) is 0 Å². The Balaban J connectivity index is 2.01. The molecule has 3 aromatic rings.